The highest BCUT2D eigenvalue weighted by Gasteiger charge is 2.73. The number of aliphatic hydroxyl groups is 2. The average molecular weight is 278 g/mol. The van der Waals surface area contributed by atoms with E-state index in [2.05, 4.69) is 18.4 Å². The molecule has 4 heteroatoms. The summed E-state index contributed by atoms with van der Waals surface area (Å²) in [4.78, 5) is 0. The van der Waals surface area contributed by atoms with E-state index in [1.807, 2.05) is 6.92 Å². The molecule has 2 N–H and O–H groups in total. The lowest BCUT2D eigenvalue weighted by Crippen LogP contribution is -2.43. The lowest BCUT2D eigenvalue weighted by molar-refractivity contribution is -0.0918. The number of epoxide rings is 1. The van der Waals surface area contributed by atoms with E-state index in [-0.39, 0.29) is 24.2 Å². The van der Waals surface area contributed by atoms with Gasteiger partial charge in [0.15, 0.2) is 0 Å². The Bertz CT molecular complexity index is 495. The van der Waals surface area contributed by atoms with Gasteiger partial charge in [-0.05, 0) is 32.8 Å². The van der Waals surface area contributed by atoms with E-state index < -0.39 is 17.3 Å². The Morgan fingerprint density at radius 1 is 1.45 bits per heavy atom. The number of ether oxygens (including phenoxy) is 2. The molecule has 1 saturated carbocycles. The van der Waals surface area contributed by atoms with Crippen molar-refractivity contribution >= 4 is 0 Å². The Kier molecular flexibility index (Phi) is 3.04. The van der Waals surface area contributed by atoms with Crippen molar-refractivity contribution in [3.63, 3.8) is 0 Å². The normalized spacial score (nSPS) is 46.0. The van der Waals surface area contributed by atoms with Crippen LogP contribution in [0.1, 0.15) is 33.6 Å². The summed E-state index contributed by atoms with van der Waals surface area (Å²) < 4.78 is 11.8. The lowest BCUT2D eigenvalue weighted by atomic mass is 9.76. The monoisotopic (exact) mass is 278 g/mol. The minimum Gasteiger partial charge on any atom is -0.389 e. The molecule has 2 heterocycles. The van der Waals surface area contributed by atoms with Crippen LogP contribution in [0.4, 0.5) is 0 Å². The van der Waals surface area contributed by atoms with E-state index in [0.29, 0.717) is 12.8 Å². The Labute approximate surface area is 119 Å². The maximum atomic E-state index is 10.3. The molecule has 3 rings (SSSR count). The summed E-state index contributed by atoms with van der Waals surface area (Å²) in [6, 6.07) is 0. The standard InChI is InChI=1S/C16H22O4/c1-9(2)5-6-10-7-11-16(14(20-16)13(10)17)8-12(19-11)15(3,4)18/h10-14,17-18H,1,7-8H2,2-4H3. The smallest absolute Gasteiger partial charge is 0.126 e. The van der Waals surface area contributed by atoms with Crippen molar-refractivity contribution < 1.29 is 19.7 Å². The van der Waals surface area contributed by atoms with Gasteiger partial charge in [0.2, 0.25) is 0 Å². The average Bonchev–Trinajstić information content (AvgIpc) is 2.92. The molecule has 1 aliphatic carbocycles. The molecule has 20 heavy (non-hydrogen) atoms. The van der Waals surface area contributed by atoms with Crippen LogP contribution in [0.2, 0.25) is 0 Å². The third-order valence-corrected chi connectivity index (χ3v) is 4.60. The van der Waals surface area contributed by atoms with E-state index in [0.717, 1.165) is 5.57 Å². The zero-order valence-electron chi connectivity index (χ0n) is 12.2. The fraction of sp³-hybridized carbons (Fsp3) is 0.750. The third kappa shape index (κ3) is 2.10. The summed E-state index contributed by atoms with van der Waals surface area (Å²) in [5.41, 5.74) is -0.509. The molecule has 110 valence electrons. The zero-order chi connectivity index (χ0) is 14.7. The molecule has 4 nitrogen and oxygen atoms in total. The van der Waals surface area contributed by atoms with E-state index in [1.165, 1.54) is 0 Å². The van der Waals surface area contributed by atoms with Crippen LogP contribution >= 0.6 is 0 Å². The molecule has 0 aromatic heterocycles. The Morgan fingerprint density at radius 3 is 2.75 bits per heavy atom. The van der Waals surface area contributed by atoms with Gasteiger partial charge in [0, 0.05) is 6.42 Å². The van der Waals surface area contributed by atoms with Gasteiger partial charge in [-0.1, -0.05) is 18.4 Å². The van der Waals surface area contributed by atoms with Crippen LogP contribution in [-0.2, 0) is 9.47 Å². The number of hydrogen-bond acceptors (Lipinski definition) is 4. The molecule has 1 spiro atoms. The van der Waals surface area contributed by atoms with Gasteiger partial charge in [0.05, 0.1) is 29.8 Å². The molecule has 3 aliphatic rings. The van der Waals surface area contributed by atoms with Crippen molar-refractivity contribution in [3.8, 4) is 11.8 Å². The van der Waals surface area contributed by atoms with Gasteiger partial charge in [0.1, 0.15) is 11.7 Å². The van der Waals surface area contributed by atoms with Crippen LogP contribution in [0, 0.1) is 17.8 Å². The van der Waals surface area contributed by atoms with Gasteiger partial charge in [-0.15, -0.1) is 0 Å². The van der Waals surface area contributed by atoms with Crippen molar-refractivity contribution in [1.29, 1.82) is 0 Å². The van der Waals surface area contributed by atoms with Crippen molar-refractivity contribution in [2.24, 2.45) is 5.92 Å². The lowest BCUT2D eigenvalue weighted by Gasteiger charge is -2.28. The van der Waals surface area contributed by atoms with Crippen LogP contribution in [0.5, 0.6) is 0 Å². The molecular weight excluding hydrogens is 256 g/mol. The second-order valence-corrected chi connectivity index (χ2v) is 6.85. The highest BCUT2D eigenvalue weighted by Crippen LogP contribution is 2.58. The first-order chi connectivity index (χ1) is 9.24. The topological polar surface area (TPSA) is 62.2 Å². The molecule has 0 radical (unpaired) electrons. The predicted octanol–water partition coefficient (Wildman–Crippen LogP) is 1.01. The third-order valence-electron chi connectivity index (χ3n) is 4.60. The molecule has 2 aliphatic heterocycles. The highest BCUT2D eigenvalue weighted by atomic mass is 16.7. The number of aliphatic hydroxyl groups excluding tert-OH is 1. The van der Waals surface area contributed by atoms with Crippen LogP contribution in [-0.4, -0.2) is 45.8 Å². The van der Waals surface area contributed by atoms with Crippen molar-refractivity contribution in [2.45, 2.75) is 69.2 Å². The molecular formula is C16H22O4. The SMILES string of the molecule is C=C(C)C#CC1CC2OC(C(C)(C)O)CC23OC3C1O. The van der Waals surface area contributed by atoms with Gasteiger partial charge in [-0.2, -0.15) is 0 Å². The van der Waals surface area contributed by atoms with Gasteiger partial charge in [0.25, 0.3) is 0 Å². The molecule has 0 bridgehead atoms. The van der Waals surface area contributed by atoms with E-state index in [9.17, 15) is 10.2 Å². The Morgan fingerprint density at radius 2 is 2.15 bits per heavy atom. The van der Waals surface area contributed by atoms with Crippen LogP contribution in [0.3, 0.4) is 0 Å². The number of rotatable bonds is 1. The molecule has 0 aromatic rings. The minimum absolute atomic E-state index is 0.0863. The fourth-order valence-electron chi connectivity index (χ4n) is 3.38. The summed E-state index contributed by atoms with van der Waals surface area (Å²) in [6.07, 6.45) is 0.156. The van der Waals surface area contributed by atoms with E-state index in [1.54, 1.807) is 13.8 Å². The Hall–Kier alpha value is -0.860. The maximum Gasteiger partial charge on any atom is 0.126 e. The van der Waals surface area contributed by atoms with Crippen molar-refractivity contribution in [1.82, 2.24) is 0 Å². The fourth-order valence-corrected chi connectivity index (χ4v) is 3.38. The number of hydrogen-bond donors (Lipinski definition) is 2. The van der Waals surface area contributed by atoms with Gasteiger partial charge in [-0.3, -0.25) is 0 Å². The first kappa shape index (κ1) is 14.1. The van der Waals surface area contributed by atoms with Gasteiger partial charge < -0.3 is 19.7 Å². The first-order valence-electron chi connectivity index (χ1n) is 7.15. The largest absolute Gasteiger partial charge is 0.389 e. The van der Waals surface area contributed by atoms with E-state index in [4.69, 9.17) is 9.47 Å². The van der Waals surface area contributed by atoms with Crippen LogP contribution in [0.15, 0.2) is 12.2 Å². The Balaban J connectivity index is 1.78. The summed E-state index contributed by atoms with van der Waals surface area (Å²) in [7, 11) is 0. The van der Waals surface area contributed by atoms with Crippen molar-refractivity contribution in [2.75, 3.05) is 0 Å². The van der Waals surface area contributed by atoms with Gasteiger partial charge >= 0.3 is 0 Å². The molecule has 6 atom stereocenters. The number of allylic oxidation sites excluding steroid dienone is 1. The van der Waals surface area contributed by atoms with Crippen molar-refractivity contribution in [3.05, 3.63) is 12.2 Å². The highest BCUT2D eigenvalue weighted by molar-refractivity contribution is 5.29. The summed E-state index contributed by atoms with van der Waals surface area (Å²) in [6.45, 7) is 9.09. The summed E-state index contributed by atoms with van der Waals surface area (Å²) in [5.74, 6) is 5.85. The summed E-state index contributed by atoms with van der Waals surface area (Å²) in [5, 5.41) is 20.5. The van der Waals surface area contributed by atoms with Gasteiger partial charge in [-0.25, -0.2) is 0 Å². The quantitative estimate of drug-likeness (QED) is 0.555. The maximum absolute atomic E-state index is 10.3. The second kappa shape index (κ2) is 4.32. The zero-order valence-corrected chi connectivity index (χ0v) is 12.2. The summed E-state index contributed by atoms with van der Waals surface area (Å²) >= 11 is 0. The van der Waals surface area contributed by atoms with Crippen LogP contribution < -0.4 is 0 Å². The molecule has 0 amide bonds. The predicted molar refractivity (Wildman–Crippen MR) is 73.9 cm³/mol. The molecule has 2 saturated heterocycles. The molecule has 6 unspecified atom stereocenters. The minimum atomic E-state index is -0.896. The molecule has 3 fully saturated rings. The first-order valence-corrected chi connectivity index (χ1v) is 7.15. The van der Waals surface area contributed by atoms with E-state index >= 15 is 0 Å². The second-order valence-electron chi connectivity index (χ2n) is 6.85. The van der Waals surface area contributed by atoms with Crippen LogP contribution in [0.25, 0.3) is 0 Å². The molecule has 0 aromatic carbocycles.